The van der Waals surface area contributed by atoms with E-state index in [9.17, 15) is 9.59 Å². The van der Waals surface area contributed by atoms with Gasteiger partial charge in [0.15, 0.2) is 0 Å². The smallest absolute Gasteiger partial charge is 0.354 e. The van der Waals surface area contributed by atoms with Crippen LogP contribution in [0.15, 0.2) is 24.4 Å². The highest BCUT2D eigenvalue weighted by Gasteiger charge is 2.18. The van der Waals surface area contributed by atoms with E-state index in [2.05, 4.69) is 10.3 Å². The Balaban J connectivity index is 1.78. The molecule has 2 heterocycles. The minimum absolute atomic E-state index is 0.0866. The molecule has 1 aliphatic rings. The number of anilines is 1. The van der Waals surface area contributed by atoms with Gasteiger partial charge in [-0.2, -0.15) is 0 Å². The fourth-order valence-corrected chi connectivity index (χ4v) is 3.41. The van der Waals surface area contributed by atoms with Gasteiger partial charge in [-0.15, -0.1) is 11.3 Å². The first-order valence-corrected chi connectivity index (χ1v) is 7.07. The summed E-state index contributed by atoms with van der Waals surface area (Å²) in [4.78, 5) is 28.6. The van der Waals surface area contributed by atoms with Gasteiger partial charge in [0.2, 0.25) is 0 Å². The number of pyridine rings is 1. The second-order valence-corrected chi connectivity index (χ2v) is 5.74. The monoisotopic (exact) mass is 288 g/mol. The van der Waals surface area contributed by atoms with Gasteiger partial charge in [0.1, 0.15) is 5.69 Å². The van der Waals surface area contributed by atoms with Gasteiger partial charge < -0.3 is 10.4 Å². The van der Waals surface area contributed by atoms with Crippen molar-refractivity contribution in [3.8, 4) is 0 Å². The number of aromatic carboxylic acids is 1. The molecule has 0 fully saturated rings. The van der Waals surface area contributed by atoms with Crippen LogP contribution in [-0.2, 0) is 12.8 Å². The number of amides is 1. The first-order chi connectivity index (χ1) is 9.63. The molecule has 0 unspecified atom stereocenters. The first kappa shape index (κ1) is 12.8. The molecule has 20 heavy (non-hydrogen) atoms. The van der Waals surface area contributed by atoms with Crippen LogP contribution >= 0.6 is 11.3 Å². The number of fused-ring (bicyclic) bond motifs is 1. The second-order valence-electron chi connectivity index (χ2n) is 4.60. The van der Waals surface area contributed by atoms with Gasteiger partial charge in [-0.3, -0.25) is 4.79 Å². The number of thiophene rings is 1. The van der Waals surface area contributed by atoms with Crippen LogP contribution in [0.1, 0.15) is 37.0 Å². The summed E-state index contributed by atoms with van der Waals surface area (Å²) in [6.07, 6.45) is 4.62. The van der Waals surface area contributed by atoms with Gasteiger partial charge in [-0.1, -0.05) is 0 Å². The van der Waals surface area contributed by atoms with Crippen molar-refractivity contribution in [3.05, 3.63) is 45.4 Å². The lowest BCUT2D eigenvalue weighted by molar-refractivity contribution is 0.0690. The Morgan fingerprint density at radius 3 is 2.90 bits per heavy atom. The molecule has 0 aliphatic heterocycles. The Hall–Kier alpha value is -2.21. The van der Waals surface area contributed by atoms with E-state index in [1.165, 1.54) is 34.0 Å². The largest absolute Gasteiger partial charge is 0.477 e. The van der Waals surface area contributed by atoms with Crippen LogP contribution in [0.3, 0.4) is 0 Å². The SMILES string of the molecule is O=C(O)c1cc(NC(=O)c2cc3c(s2)CCC3)ccn1. The van der Waals surface area contributed by atoms with E-state index < -0.39 is 5.97 Å². The predicted octanol–water partition coefficient (Wildman–Crippen LogP) is 2.58. The second kappa shape index (κ2) is 5.05. The van der Waals surface area contributed by atoms with Crippen molar-refractivity contribution in [1.82, 2.24) is 4.98 Å². The van der Waals surface area contributed by atoms with E-state index >= 15 is 0 Å². The summed E-state index contributed by atoms with van der Waals surface area (Å²) in [5.74, 6) is -1.32. The van der Waals surface area contributed by atoms with Gasteiger partial charge >= 0.3 is 5.97 Å². The zero-order valence-corrected chi connectivity index (χ0v) is 11.4. The number of hydrogen-bond acceptors (Lipinski definition) is 4. The average molecular weight is 288 g/mol. The maximum absolute atomic E-state index is 12.1. The van der Waals surface area contributed by atoms with Crippen molar-refractivity contribution in [3.63, 3.8) is 0 Å². The van der Waals surface area contributed by atoms with Gasteiger partial charge in [0.25, 0.3) is 5.91 Å². The molecular formula is C14H12N2O3S. The molecular weight excluding hydrogens is 276 g/mol. The van der Waals surface area contributed by atoms with Crippen molar-refractivity contribution in [1.29, 1.82) is 0 Å². The summed E-state index contributed by atoms with van der Waals surface area (Å²) in [5.41, 5.74) is 1.62. The molecule has 0 radical (unpaired) electrons. The molecule has 5 nitrogen and oxygen atoms in total. The third-order valence-electron chi connectivity index (χ3n) is 3.21. The highest BCUT2D eigenvalue weighted by Crippen LogP contribution is 2.30. The summed E-state index contributed by atoms with van der Waals surface area (Å²) in [7, 11) is 0. The maximum Gasteiger partial charge on any atom is 0.354 e. The number of rotatable bonds is 3. The maximum atomic E-state index is 12.1. The summed E-state index contributed by atoms with van der Waals surface area (Å²) in [6.45, 7) is 0. The number of aryl methyl sites for hydroxylation is 2. The van der Waals surface area contributed by atoms with Gasteiger partial charge in [-0.05, 0) is 43.0 Å². The van der Waals surface area contributed by atoms with Crippen molar-refractivity contribution in [2.24, 2.45) is 0 Å². The summed E-state index contributed by atoms with van der Waals surface area (Å²) in [5, 5.41) is 11.6. The van der Waals surface area contributed by atoms with Gasteiger partial charge in [0, 0.05) is 16.8 Å². The quantitative estimate of drug-likeness (QED) is 0.909. The van der Waals surface area contributed by atoms with Gasteiger partial charge in [-0.25, -0.2) is 9.78 Å². The van der Waals surface area contributed by atoms with Crippen LogP contribution in [0, 0.1) is 0 Å². The predicted molar refractivity (Wildman–Crippen MR) is 75.5 cm³/mol. The highest BCUT2D eigenvalue weighted by atomic mass is 32.1. The van der Waals surface area contributed by atoms with E-state index in [1.54, 1.807) is 6.07 Å². The number of aromatic nitrogens is 1. The van der Waals surface area contributed by atoms with E-state index in [0.717, 1.165) is 19.3 Å². The van der Waals surface area contributed by atoms with Crippen LogP contribution in [0.5, 0.6) is 0 Å². The standard InChI is InChI=1S/C14H12N2O3S/c17-13(12-6-8-2-1-3-11(8)20-12)16-9-4-5-15-10(7-9)14(18)19/h4-7H,1-3H2,(H,18,19)(H,15,16,17). The third-order valence-corrected chi connectivity index (χ3v) is 4.44. The van der Waals surface area contributed by atoms with Crippen LogP contribution < -0.4 is 5.32 Å². The number of carboxylic acid groups (broad SMARTS) is 1. The number of nitrogens with one attached hydrogen (secondary N) is 1. The van der Waals surface area contributed by atoms with Crippen LogP contribution in [0.4, 0.5) is 5.69 Å². The van der Waals surface area contributed by atoms with Crippen molar-refractivity contribution in [2.45, 2.75) is 19.3 Å². The van der Waals surface area contributed by atoms with Crippen LogP contribution in [-0.4, -0.2) is 22.0 Å². The number of carbonyl (C=O) groups is 2. The van der Waals surface area contributed by atoms with Crippen LogP contribution in [0.2, 0.25) is 0 Å². The summed E-state index contributed by atoms with van der Waals surface area (Å²) < 4.78 is 0. The van der Waals surface area contributed by atoms with E-state index in [0.29, 0.717) is 10.6 Å². The number of carboxylic acids is 1. The lowest BCUT2D eigenvalue weighted by Gasteiger charge is -2.04. The first-order valence-electron chi connectivity index (χ1n) is 6.26. The molecule has 0 aromatic carbocycles. The normalized spacial score (nSPS) is 13.0. The molecule has 0 saturated heterocycles. The average Bonchev–Trinajstić information content (AvgIpc) is 2.99. The van der Waals surface area contributed by atoms with Crippen LogP contribution in [0.25, 0.3) is 0 Å². The Kier molecular flexibility index (Phi) is 3.23. The zero-order chi connectivity index (χ0) is 14.1. The minimum atomic E-state index is -1.11. The summed E-state index contributed by atoms with van der Waals surface area (Å²) in [6, 6.07) is 4.86. The van der Waals surface area contributed by atoms with E-state index in [4.69, 9.17) is 5.11 Å². The molecule has 1 amide bonds. The van der Waals surface area contributed by atoms with Crippen molar-refractivity contribution in [2.75, 3.05) is 5.32 Å². The number of carbonyl (C=O) groups excluding carboxylic acids is 1. The molecule has 1 aliphatic carbocycles. The molecule has 0 saturated carbocycles. The lowest BCUT2D eigenvalue weighted by Crippen LogP contribution is -2.11. The highest BCUT2D eigenvalue weighted by molar-refractivity contribution is 7.14. The topological polar surface area (TPSA) is 79.3 Å². The van der Waals surface area contributed by atoms with Gasteiger partial charge in [0.05, 0.1) is 4.88 Å². The Morgan fingerprint density at radius 2 is 2.15 bits per heavy atom. The molecule has 2 aromatic heterocycles. The molecule has 6 heteroatoms. The molecule has 0 bridgehead atoms. The van der Waals surface area contributed by atoms with Crippen molar-refractivity contribution < 1.29 is 14.7 Å². The number of nitrogens with zero attached hydrogens (tertiary/aromatic N) is 1. The molecule has 102 valence electrons. The number of hydrogen-bond donors (Lipinski definition) is 2. The molecule has 0 atom stereocenters. The Labute approximate surface area is 119 Å². The van der Waals surface area contributed by atoms with E-state index in [1.807, 2.05) is 6.07 Å². The lowest BCUT2D eigenvalue weighted by atomic mass is 10.2. The minimum Gasteiger partial charge on any atom is -0.477 e. The molecule has 2 aromatic rings. The molecule has 3 rings (SSSR count). The zero-order valence-electron chi connectivity index (χ0n) is 10.5. The Morgan fingerprint density at radius 1 is 1.30 bits per heavy atom. The fraction of sp³-hybridized carbons (Fsp3) is 0.214. The molecule has 2 N–H and O–H groups in total. The molecule has 0 spiro atoms. The fourth-order valence-electron chi connectivity index (χ4n) is 2.26. The van der Waals surface area contributed by atoms with Crippen molar-refractivity contribution >= 4 is 28.9 Å². The third kappa shape index (κ3) is 2.42. The Bertz CT molecular complexity index is 672. The summed E-state index contributed by atoms with van der Waals surface area (Å²) >= 11 is 1.52. The van der Waals surface area contributed by atoms with E-state index in [-0.39, 0.29) is 11.6 Å².